The summed E-state index contributed by atoms with van der Waals surface area (Å²) >= 11 is 0. The van der Waals surface area contributed by atoms with Gasteiger partial charge in [0.1, 0.15) is 0 Å². The van der Waals surface area contributed by atoms with Gasteiger partial charge in [-0.1, -0.05) is 18.2 Å². The van der Waals surface area contributed by atoms with Gasteiger partial charge in [-0.3, -0.25) is 4.79 Å². The second kappa shape index (κ2) is 6.67. The summed E-state index contributed by atoms with van der Waals surface area (Å²) < 4.78 is 7.21. The summed E-state index contributed by atoms with van der Waals surface area (Å²) in [7, 11) is 1.89. The molecule has 1 aromatic heterocycles. The molecule has 128 valence electrons. The zero-order valence-corrected chi connectivity index (χ0v) is 14.5. The van der Waals surface area contributed by atoms with E-state index in [1.807, 2.05) is 40.8 Å². The average Bonchev–Trinajstić information content (AvgIpc) is 2.90. The van der Waals surface area contributed by atoms with Gasteiger partial charge in [0.2, 0.25) is 0 Å². The first kappa shape index (κ1) is 16.6. The van der Waals surface area contributed by atoms with Crippen molar-refractivity contribution in [3.8, 4) is 0 Å². The lowest BCUT2D eigenvalue weighted by atomic mass is 9.97. The van der Waals surface area contributed by atoms with E-state index in [2.05, 4.69) is 13.8 Å². The highest BCUT2D eigenvalue weighted by atomic mass is 16.5. The minimum atomic E-state index is -0.447. The van der Waals surface area contributed by atoms with Crippen molar-refractivity contribution in [2.24, 2.45) is 7.05 Å². The number of hydrogen-bond donors (Lipinski definition) is 0. The molecule has 0 saturated carbocycles. The molecule has 2 heterocycles. The van der Waals surface area contributed by atoms with E-state index in [9.17, 15) is 9.59 Å². The van der Waals surface area contributed by atoms with E-state index in [4.69, 9.17) is 4.74 Å². The van der Waals surface area contributed by atoms with Crippen LogP contribution in [0.5, 0.6) is 0 Å². The van der Waals surface area contributed by atoms with E-state index >= 15 is 0 Å². The lowest BCUT2D eigenvalue weighted by Gasteiger charge is -2.38. The van der Waals surface area contributed by atoms with Crippen LogP contribution >= 0.6 is 0 Å². The van der Waals surface area contributed by atoms with Crippen molar-refractivity contribution >= 4 is 22.8 Å². The van der Waals surface area contributed by atoms with Crippen LogP contribution in [0.25, 0.3) is 10.9 Å². The summed E-state index contributed by atoms with van der Waals surface area (Å²) in [6.07, 6.45) is 4.91. The first-order chi connectivity index (χ1) is 11.5. The third kappa shape index (κ3) is 3.03. The number of carbonyl (C=O) groups excluding carboxylic acids is 2. The number of para-hydroxylation sites is 1. The molecule has 0 unspecified atom stereocenters. The molecule has 0 spiro atoms. The summed E-state index contributed by atoms with van der Waals surface area (Å²) in [5, 5.41) is 0.845. The summed E-state index contributed by atoms with van der Waals surface area (Å²) in [6.45, 7) is 3.91. The fourth-order valence-corrected chi connectivity index (χ4v) is 3.70. The predicted molar refractivity (Wildman–Crippen MR) is 92.8 cm³/mol. The Balaban J connectivity index is 1.70. The Morgan fingerprint density at radius 2 is 1.83 bits per heavy atom. The number of ether oxygens (including phenoxy) is 1. The molecule has 0 bridgehead atoms. The molecule has 2 aromatic rings. The Kier molecular flexibility index (Phi) is 4.60. The van der Waals surface area contributed by atoms with Gasteiger partial charge in [-0.25, -0.2) is 4.79 Å². The summed E-state index contributed by atoms with van der Waals surface area (Å²) in [4.78, 5) is 26.7. The number of aryl methyl sites for hydroxylation is 1. The van der Waals surface area contributed by atoms with Crippen molar-refractivity contribution in [3.05, 3.63) is 36.0 Å². The first-order valence-electron chi connectivity index (χ1n) is 8.51. The van der Waals surface area contributed by atoms with Gasteiger partial charge in [-0.15, -0.1) is 0 Å². The minimum absolute atomic E-state index is 0.108. The first-order valence-corrected chi connectivity index (χ1v) is 8.51. The number of rotatable bonds is 3. The number of nitrogens with zero attached hydrogens (tertiary/aromatic N) is 2. The summed E-state index contributed by atoms with van der Waals surface area (Å²) in [6, 6.07) is 8.08. The van der Waals surface area contributed by atoms with Gasteiger partial charge >= 0.3 is 5.97 Å². The Labute approximate surface area is 142 Å². The summed E-state index contributed by atoms with van der Waals surface area (Å²) in [5.41, 5.74) is 1.47. The lowest BCUT2D eigenvalue weighted by Crippen LogP contribution is -2.49. The molecule has 1 saturated heterocycles. The van der Waals surface area contributed by atoms with Gasteiger partial charge in [-0.2, -0.15) is 0 Å². The molecule has 1 amide bonds. The Bertz CT molecular complexity index is 755. The van der Waals surface area contributed by atoms with Crippen molar-refractivity contribution in [2.45, 2.75) is 45.2 Å². The normalized spacial score (nSPS) is 21.0. The van der Waals surface area contributed by atoms with Crippen LogP contribution in [0, 0.1) is 0 Å². The van der Waals surface area contributed by atoms with E-state index in [1.165, 1.54) is 0 Å². The monoisotopic (exact) mass is 328 g/mol. The fourth-order valence-electron chi connectivity index (χ4n) is 3.70. The van der Waals surface area contributed by atoms with Gasteiger partial charge in [0.25, 0.3) is 5.91 Å². The molecule has 2 atom stereocenters. The standard InChI is InChI=1S/C19H24N2O3/c1-13-7-6-8-14(2)21(13)18(22)12-24-19(23)16-11-20(3)17-10-5-4-9-15(16)17/h4-5,9-11,13-14H,6-8,12H2,1-3H3/t13-,14+. The average molecular weight is 328 g/mol. The third-order valence-corrected chi connectivity index (χ3v) is 4.93. The van der Waals surface area contributed by atoms with Gasteiger partial charge in [-0.05, 0) is 39.2 Å². The highest BCUT2D eigenvalue weighted by molar-refractivity contribution is 6.04. The maximum atomic E-state index is 12.5. The van der Waals surface area contributed by atoms with E-state index < -0.39 is 5.97 Å². The fraction of sp³-hybridized carbons (Fsp3) is 0.474. The number of aromatic nitrogens is 1. The Hall–Kier alpha value is -2.30. The molecule has 1 aliphatic rings. The quantitative estimate of drug-likeness (QED) is 0.814. The van der Waals surface area contributed by atoms with Crippen molar-refractivity contribution in [1.29, 1.82) is 0 Å². The number of likely N-dealkylation sites (tertiary alicyclic amines) is 1. The second-order valence-electron chi connectivity index (χ2n) is 6.68. The maximum absolute atomic E-state index is 12.5. The van der Waals surface area contributed by atoms with E-state index in [0.717, 1.165) is 30.2 Å². The molecule has 0 aliphatic carbocycles. The SMILES string of the molecule is C[C@@H]1CCC[C@H](C)N1C(=O)COC(=O)c1cn(C)c2ccccc12. The number of amides is 1. The maximum Gasteiger partial charge on any atom is 0.340 e. The molecule has 1 fully saturated rings. The van der Waals surface area contributed by atoms with E-state index in [0.29, 0.717) is 5.56 Å². The molecule has 0 N–H and O–H groups in total. The van der Waals surface area contributed by atoms with E-state index in [1.54, 1.807) is 6.20 Å². The molecule has 1 aromatic carbocycles. The molecule has 5 heteroatoms. The van der Waals surface area contributed by atoms with E-state index in [-0.39, 0.29) is 24.6 Å². The highest BCUT2D eigenvalue weighted by Crippen LogP contribution is 2.23. The molecule has 5 nitrogen and oxygen atoms in total. The van der Waals surface area contributed by atoms with Crippen LogP contribution in [0.2, 0.25) is 0 Å². The van der Waals surface area contributed by atoms with Crippen molar-refractivity contribution in [3.63, 3.8) is 0 Å². The van der Waals surface area contributed by atoms with Crippen LogP contribution in [0.4, 0.5) is 0 Å². The molecule has 1 aliphatic heterocycles. The van der Waals surface area contributed by atoms with Crippen LogP contribution in [-0.2, 0) is 16.6 Å². The van der Waals surface area contributed by atoms with Crippen molar-refractivity contribution in [1.82, 2.24) is 9.47 Å². The number of fused-ring (bicyclic) bond motifs is 1. The second-order valence-corrected chi connectivity index (χ2v) is 6.68. The predicted octanol–water partition coefficient (Wildman–Crippen LogP) is 3.12. The highest BCUT2D eigenvalue weighted by Gasteiger charge is 2.29. The molecule has 0 radical (unpaired) electrons. The topological polar surface area (TPSA) is 51.5 Å². The largest absolute Gasteiger partial charge is 0.452 e. The smallest absolute Gasteiger partial charge is 0.340 e. The summed E-state index contributed by atoms with van der Waals surface area (Å²) in [5.74, 6) is -0.555. The van der Waals surface area contributed by atoms with Gasteiger partial charge in [0.15, 0.2) is 6.61 Å². The molecule has 3 rings (SSSR count). The van der Waals surface area contributed by atoms with Gasteiger partial charge < -0.3 is 14.2 Å². The molecular formula is C19H24N2O3. The number of esters is 1. The lowest BCUT2D eigenvalue weighted by molar-refractivity contribution is -0.140. The van der Waals surface area contributed by atoms with Crippen LogP contribution in [0.3, 0.4) is 0 Å². The Morgan fingerprint density at radius 3 is 2.54 bits per heavy atom. The van der Waals surface area contributed by atoms with Crippen LogP contribution < -0.4 is 0 Å². The van der Waals surface area contributed by atoms with Gasteiger partial charge in [0, 0.05) is 36.2 Å². The zero-order chi connectivity index (χ0) is 17.3. The van der Waals surface area contributed by atoms with Crippen molar-refractivity contribution in [2.75, 3.05) is 6.61 Å². The van der Waals surface area contributed by atoms with Crippen LogP contribution in [0.15, 0.2) is 30.5 Å². The van der Waals surface area contributed by atoms with Crippen molar-refractivity contribution < 1.29 is 14.3 Å². The number of hydrogen-bond acceptors (Lipinski definition) is 3. The zero-order valence-electron chi connectivity index (χ0n) is 14.5. The third-order valence-electron chi connectivity index (χ3n) is 4.93. The van der Waals surface area contributed by atoms with Crippen LogP contribution in [0.1, 0.15) is 43.5 Å². The Morgan fingerprint density at radius 1 is 1.17 bits per heavy atom. The van der Waals surface area contributed by atoms with Gasteiger partial charge in [0.05, 0.1) is 5.56 Å². The number of carbonyl (C=O) groups is 2. The van der Waals surface area contributed by atoms with Crippen LogP contribution in [-0.4, -0.2) is 40.0 Å². The number of benzene rings is 1. The molecule has 24 heavy (non-hydrogen) atoms. The minimum Gasteiger partial charge on any atom is -0.452 e. The molecular weight excluding hydrogens is 304 g/mol. The number of piperidine rings is 1.